The molecular formula is C6H6ClN3OS. The highest BCUT2D eigenvalue weighted by molar-refractivity contribution is 7.16. The summed E-state index contributed by atoms with van der Waals surface area (Å²) in [6.45, 7) is 0.504. The number of halogens is 1. The quantitative estimate of drug-likeness (QED) is 0.744. The number of ether oxygens (including phenoxy) is 1. The fourth-order valence-corrected chi connectivity index (χ4v) is 1.95. The topological polar surface area (TPSA) is 39.4 Å². The summed E-state index contributed by atoms with van der Waals surface area (Å²) < 4.78 is 6.53. The Labute approximate surface area is 77.7 Å². The van der Waals surface area contributed by atoms with Crippen molar-refractivity contribution in [2.24, 2.45) is 0 Å². The molecule has 2 heterocycles. The summed E-state index contributed by atoms with van der Waals surface area (Å²) in [6.07, 6.45) is 1.58. The van der Waals surface area contributed by atoms with E-state index in [2.05, 4.69) is 10.1 Å². The molecule has 0 unspecified atom stereocenters. The van der Waals surface area contributed by atoms with Gasteiger partial charge in [0.2, 0.25) is 4.96 Å². The highest BCUT2D eigenvalue weighted by Crippen LogP contribution is 2.18. The lowest BCUT2D eigenvalue weighted by Crippen LogP contribution is -1.89. The molecule has 0 spiro atoms. The molecule has 0 aliphatic carbocycles. The fourth-order valence-electron chi connectivity index (χ4n) is 0.888. The average molecular weight is 204 g/mol. The van der Waals surface area contributed by atoms with Crippen LogP contribution < -0.4 is 0 Å². The second-order valence-electron chi connectivity index (χ2n) is 2.20. The summed E-state index contributed by atoms with van der Waals surface area (Å²) in [5, 5.41) is 5.59. The molecule has 64 valence electrons. The normalized spacial score (nSPS) is 11.2. The van der Waals surface area contributed by atoms with Gasteiger partial charge >= 0.3 is 0 Å². The van der Waals surface area contributed by atoms with Gasteiger partial charge in [0.25, 0.3) is 0 Å². The van der Waals surface area contributed by atoms with Crippen molar-refractivity contribution in [1.82, 2.24) is 14.6 Å². The van der Waals surface area contributed by atoms with Crippen LogP contribution >= 0.6 is 22.9 Å². The summed E-state index contributed by atoms with van der Waals surface area (Å²) >= 11 is 7.26. The van der Waals surface area contributed by atoms with Crippen LogP contribution in [0.15, 0.2) is 6.20 Å². The van der Waals surface area contributed by atoms with Gasteiger partial charge in [-0.1, -0.05) is 22.9 Å². The Balaban J connectivity index is 2.48. The third-order valence-electron chi connectivity index (χ3n) is 1.35. The Morgan fingerprint density at radius 1 is 1.75 bits per heavy atom. The molecule has 0 radical (unpaired) electrons. The van der Waals surface area contributed by atoms with Crippen LogP contribution in [0.1, 0.15) is 5.01 Å². The largest absolute Gasteiger partial charge is 0.377 e. The molecule has 2 aromatic rings. The van der Waals surface area contributed by atoms with Gasteiger partial charge in [-0.2, -0.15) is 9.61 Å². The van der Waals surface area contributed by atoms with Gasteiger partial charge in [0.1, 0.15) is 5.01 Å². The van der Waals surface area contributed by atoms with Crippen molar-refractivity contribution in [2.45, 2.75) is 6.61 Å². The lowest BCUT2D eigenvalue weighted by Gasteiger charge is -1.88. The minimum atomic E-state index is 0.504. The van der Waals surface area contributed by atoms with Crippen LogP contribution in [0.3, 0.4) is 0 Å². The molecule has 0 aliphatic heterocycles. The summed E-state index contributed by atoms with van der Waals surface area (Å²) in [5.41, 5.74) is 0. The summed E-state index contributed by atoms with van der Waals surface area (Å²) in [4.78, 5) is 4.85. The first-order valence-corrected chi connectivity index (χ1v) is 4.48. The van der Waals surface area contributed by atoms with Crippen molar-refractivity contribution >= 4 is 27.9 Å². The van der Waals surface area contributed by atoms with Crippen molar-refractivity contribution in [3.05, 3.63) is 16.4 Å². The molecule has 0 bridgehead atoms. The van der Waals surface area contributed by atoms with Crippen LogP contribution in [0, 0.1) is 0 Å². The van der Waals surface area contributed by atoms with Crippen molar-refractivity contribution in [1.29, 1.82) is 0 Å². The smallest absolute Gasteiger partial charge is 0.213 e. The molecule has 4 nitrogen and oxygen atoms in total. The van der Waals surface area contributed by atoms with Crippen LogP contribution in [0.4, 0.5) is 0 Å². The zero-order chi connectivity index (χ0) is 8.55. The summed E-state index contributed by atoms with van der Waals surface area (Å²) in [6, 6.07) is 0. The summed E-state index contributed by atoms with van der Waals surface area (Å²) in [7, 11) is 1.63. The van der Waals surface area contributed by atoms with Crippen LogP contribution in [-0.4, -0.2) is 21.7 Å². The SMILES string of the molecule is COCc1nn2c(Cl)cnc2s1. The molecule has 0 N–H and O–H groups in total. The molecule has 2 aromatic heterocycles. The average Bonchev–Trinajstić information content (AvgIpc) is 2.55. The third-order valence-corrected chi connectivity index (χ3v) is 2.51. The molecule has 2 rings (SSSR count). The maximum absolute atomic E-state index is 5.79. The number of methoxy groups -OCH3 is 1. The number of rotatable bonds is 2. The molecule has 0 aliphatic rings. The zero-order valence-corrected chi connectivity index (χ0v) is 7.89. The molecule has 0 atom stereocenters. The van der Waals surface area contributed by atoms with Crippen molar-refractivity contribution in [2.75, 3.05) is 7.11 Å². The Hall–Kier alpha value is -0.650. The van der Waals surface area contributed by atoms with Gasteiger partial charge in [-0.15, -0.1) is 0 Å². The molecule has 0 fully saturated rings. The van der Waals surface area contributed by atoms with Gasteiger partial charge in [0, 0.05) is 7.11 Å². The lowest BCUT2D eigenvalue weighted by atomic mass is 10.8. The van der Waals surface area contributed by atoms with Crippen LogP contribution in [0.5, 0.6) is 0 Å². The van der Waals surface area contributed by atoms with E-state index in [9.17, 15) is 0 Å². The Bertz CT molecular complexity index is 396. The number of aromatic nitrogens is 3. The predicted molar refractivity (Wildman–Crippen MR) is 46.6 cm³/mol. The first-order chi connectivity index (χ1) is 5.81. The standard InChI is InChI=1S/C6H6ClN3OS/c1-11-3-5-9-10-4(7)2-8-6(10)12-5/h2H,3H2,1H3. The maximum Gasteiger partial charge on any atom is 0.213 e. The van der Waals surface area contributed by atoms with Crippen molar-refractivity contribution in [3.8, 4) is 0 Å². The number of nitrogens with zero attached hydrogens (tertiary/aromatic N) is 3. The van der Waals surface area contributed by atoms with E-state index in [-0.39, 0.29) is 0 Å². The molecular weight excluding hydrogens is 198 g/mol. The van der Waals surface area contributed by atoms with E-state index < -0.39 is 0 Å². The van der Waals surface area contributed by atoms with E-state index in [1.54, 1.807) is 17.8 Å². The number of hydrogen-bond acceptors (Lipinski definition) is 4. The highest BCUT2D eigenvalue weighted by atomic mass is 35.5. The predicted octanol–water partition coefficient (Wildman–Crippen LogP) is 1.59. The van der Waals surface area contributed by atoms with Gasteiger partial charge in [-0.05, 0) is 0 Å². The third kappa shape index (κ3) is 1.20. The first-order valence-electron chi connectivity index (χ1n) is 3.29. The Morgan fingerprint density at radius 2 is 2.58 bits per heavy atom. The van der Waals surface area contributed by atoms with Gasteiger partial charge in [0.15, 0.2) is 5.15 Å². The van der Waals surface area contributed by atoms with Gasteiger partial charge in [-0.25, -0.2) is 4.98 Å². The second-order valence-corrected chi connectivity index (χ2v) is 3.63. The van der Waals surface area contributed by atoms with E-state index >= 15 is 0 Å². The number of imidazole rings is 1. The van der Waals surface area contributed by atoms with E-state index in [4.69, 9.17) is 16.3 Å². The fraction of sp³-hybridized carbons (Fsp3) is 0.333. The lowest BCUT2D eigenvalue weighted by molar-refractivity contribution is 0.183. The number of hydrogen-bond donors (Lipinski definition) is 0. The van der Waals surface area contributed by atoms with Crippen molar-refractivity contribution in [3.63, 3.8) is 0 Å². The Kier molecular flexibility index (Phi) is 2.00. The molecule has 0 amide bonds. The van der Waals surface area contributed by atoms with E-state index in [1.807, 2.05) is 0 Å². The molecule has 0 saturated carbocycles. The molecule has 12 heavy (non-hydrogen) atoms. The first kappa shape index (κ1) is 7.97. The van der Waals surface area contributed by atoms with E-state index in [0.29, 0.717) is 11.8 Å². The minimum absolute atomic E-state index is 0.504. The summed E-state index contributed by atoms with van der Waals surface area (Å²) in [5.74, 6) is 0. The van der Waals surface area contributed by atoms with Crippen molar-refractivity contribution < 1.29 is 4.74 Å². The van der Waals surface area contributed by atoms with Gasteiger partial charge < -0.3 is 4.74 Å². The van der Waals surface area contributed by atoms with Crippen LogP contribution in [-0.2, 0) is 11.3 Å². The monoisotopic (exact) mass is 203 g/mol. The van der Waals surface area contributed by atoms with E-state index in [0.717, 1.165) is 9.97 Å². The number of fused-ring (bicyclic) bond motifs is 1. The van der Waals surface area contributed by atoms with Gasteiger partial charge in [-0.3, -0.25) is 0 Å². The van der Waals surface area contributed by atoms with Crippen LogP contribution in [0.25, 0.3) is 4.96 Å². The maximum atomic E-state index is 5.79. The molecule has 0 saturated heterocycles. The minimum Gasteiger partial charge on any atom is -0.377 e. The van der Waals surface area contributed by atoms with E-state index in [1.165, 1.54) is 11.3 Å². The molecule has 0 aromatic carbocycles. The second kappa shape index (κ2) is 3.01. The molecule has 6 heteroatoms. The van der Waals surface area contributed by atoms with Crippen LogP contribution in [0.2, 0.25) is 5.15 Å². The van der Waals surface area contributed by atoms with Gasteiger partial charge in [0.05, 0.1) is 12.8 Å². The highest BCUT2D eigenvalue weighted by Gasteiger charge is 2.06. The Morgan fingerprint density at radius 3 is 3.25 bits per heavy atom. The zero-order valence-electron chi connectivity index (χ0n) is 6.32.